The van der Waals surface area contributed by atoms with E-state index >= 15 is 0 Å². The Morgan fingerprint density at radius 3 is 1.46 bits per heavy atom. The van der Waals surface area contributed by atoms with Crippen LogP contribution in [0.15, 0.2) is 0 Å². The molecule has 0 atom stereocenters. The van der Waals surface area contributed by atoms with Crippen LogP contribution in [0.2, 0.25) is 0 Å². The van der Waals surface area contributed by atoms with Crippen LogP contribution >= 0.6 is 0 Å². The second-order valence-electron chi connectivity index (χ2n) is 2.82. The standard InChI is InChI=1S/C8H15F4N/c9-7(10)3-1-5-13-6-2-4-8(11)12/h7-8,13H,1-6H2. The Labute approximate surface area is 75.5 Å². The number of nitrogens with one attached hydrogen (secondary N) is 1. The van der Waals surface area contributed by atoms with E-state index in [1.807, 2.05) is 0 Å². The molecule has 0 aromatic rings. The molecule has 1 nitrogen and oxygen atoms in total. The normalized spacial score (nSPS) is 11.5. The maximum absolute atomic E-state index is 11.6. The van der Waals surface area contributed by atoms with E-state index in [0.717, 1.165) is 0 Å². The summed E-state index contributed by atoms with van der Waals surface area (Å²) in [5, 5.41) is 2.83. The van der Waals surface area contributed by atoms with Crippen molar-refractivity contribution in [3.63, 3.8) is 0 Å². The fraction of sp³-hybridized carbons (Fsp3) is 1.00. The SMILES string of the molecule is FC(F)CCCNCCCC(F)F. The Bertz CT molecular complexity index is 96.3. The van der Waals surface area contributed by atoms with Crippen LogP contribution < -0.4 is 5.32 Å². The van der Waals surface area contributed by atoms with Crippen LogP contribution in [0.25, 0.3) is 0 Å². The van der Waals surface area contributed by atoms with Gasteiger partial charge in [0.15, 0.2) is 0 Å². The van der Waals surface area contributed by atoms with Crippen LogP contribution in [-0.2, 0) is 0 Å². The summed E-state index contributed by atoms with van der Waals surface area (Å²) in [6.07, 6.45) is -3.98. The molecule has 0 aromatic heterocycles. The topological polar surface area (TPSA) is 12.0 Å². The van der Waals surface area contributed by atoms with Crippen molar-refractivity contribution < 1.29 is 17.6 Å². The van der Waals surface area contributed by atoms with Crippen LogP contribution in [0.1, 0.15) is 25.7 Å². The van der Waals surface area contributed by atoms with Gasteiger partial charge in [-0.3, -0.25) is 0 Å². The van der Waals surface area contributed by atoms with Crippen molar-refractivity contribution in [1.82, 2.24) is 5.32 Å². The van der Waals surface area contributed by atoms with E-state index in [2.05, 4.69) is 5.32 Å². The van der Waals surface area contributed by atoms with E-state index in [-0.39, 0.29) is 12.8 Å². The van der Waals surface area contributed by atoms with Gasteiger partial charge in [-0.25, -0.2) is 17.6 Å². The van der Waals surface area contributed by atoms with E-state index in [4.69, 9.17) is 0 Å². The predicted molar refractivity (Wildman–Crippen MR) is 43.3 cm³/mol. The minimum Gasteiger partial charge on any atom is -0.317 e. The van der Waals surface area contributed by atoms with Crippen molar-refractivity contribution >= 4 is 0 Å². The third kappa shape index (κ3) is 11.7. The van der Waals surface area contributed by atoms with E-state index in [1.54, 1.807) is 0 Å². The molecule has 0 fully saturated rings. The van der Waals surface area contributed by atoms with Crippen LogP contribution in [0.4, 0.5) is 17.6 Å². The fourth-order valence-electron chi connectivity index (χ4n) is 0.888. The van der Waals surface area contributed by atoms with Crippen molar-refractivity contribution in [3.8, 4) is 0 Å². The molecule has 13 heavy (non-hydrogen) atoms. The lowest BCUT2D eigenvalue weighted by Crippen LogP contribution is -2.17. The second kappa shape index (κ2) is 8.29. The van der Waals surface area contributed by atoms with E-state index in [1.165, 1.54) is 0 Å². The third-order valence-corrected chi connectivity index (χ3v) is 1.55. The van der Waals surface area contributed by atoms with Gasteiger partial charge in [0.25, 0.3) is 0 Å². The van der Waals surface area contributed by atoms with E-state index in [9.17, 15) is 17.6 Å². The zero-order valence-corrected chi connectivity index (χ0v) is 7.41. The first-order valence-corrected chi connectivity index (χ1v) is 4.40. The molecule has 0 radical (unpaired) electrons. The lowest BCUT2D eigenvalue weighted by molar-refractivity contribution is 0.132. The third-order valence-electron chi connectivity index (χ3n) is 1.55. The van der Waals surface area contributed by atoms with E-state index in [0.29, 0.717) is 25.9 Å². The quantitative estimate of drug-likeness (QED) is 0.470. The summed E-state index contributed by atoms with van der Waals surface area (Å²) in [6.45, 7) is 0.959. The van der Waals surface area contributed by atoms with Gasteiger partial charge in [-0.1, -0.05) is 0 Å². The Morgan fingerprint density at radius 1 is 0.769 bits per heavy atom. The molecule has 0 aliphatic carbocycles. The Balaban J connectivity index is 2.92. The number of rotatable bonds is 8. The van der Waals surface area contributed by atoms with Gasteiger partial charge in [-0.2, -0.15) is 0 Å². The molecule has 0 saturated carbocycles. The van der Waals surface area contributed by atoms with Crippen LogP contribution in [0, 0.1) is 0 Å². The molecule has 1 N–H and O–H groups in total. The highest BCUT2D eigenvalue weighted by Crippen LogP contribution is 2.02. The first-order chi connectivity index (χ1) is 6.13. The number of hydrogen-bond donors (Lipinski definition) is 1. The monoisotopic (exact) mass is 201 g/mol. The molecule has 0 aromatic carbocycles. The predicted octanol–water partition coefficient (Wildman–Crippen LogP) is 2.67. The lowest BCUT2D eigenvalue weighted by atomic mass is 10.3. The molecule has 0 rings (SSSR count). The summed E-state index contributed by atoms with van der Waals surface area (Å²) in [6, 6.07) is 0. The smallest absolute Gasteiger partial charge is 0.238 e. The maximum atomic E-state index is 11.6. The molecule has 0 spiro atoms. The summed E-state index contributed by atoms with van der Waals surface area (Å²) in [4.78, 5) is 0. The zero-order valence-electron chi connectivity index (χ0n) is 7.41. The molecule has 0 unspecified atom stereocenters. The average Bonchev–Trinajstić information content (AvgIpc) is 2.01. The van der Waals surface area contributed by atoms with Gasteiger partial charge in [-0.05, 0) is 25.9 Å². The molecule has 0 aliphatic heterocycles. The molecule has 0 bridgehead atoms. The Kier molecular flexibility index (Phi) is 8.08. The molecule has 80 valence electrons. The second-order valence-corrected chi connectivity index (χ2v) is 2.82. The van der Waals surface area contributed by atoms with Gasteiger partial charge in [-0.15, -0.1) is 0 Å². The highest BCUT2D eigenvalue weighted by Gasteiger charge is 2.02. The van der Waals surface area contributed by atoms with Crippen LogP contribution in [-0.4, -0.2) is 25.9 Å². The highest BCUT2D eigenvalue weighted by molar-refractivity contribution is 4.51. The highest BCUT2D eigenvalue weighted by atomic mass is 19.3. The summed E-state index contributed by atoms with van der Waals surface area (Å²) in [7, 11) is 0. The largest absolute Gasteiger partial charge is 0.317 e. The Hall–Kier alpha value is -0.320. The summed E-state index contributed by atoms with van der Waals surface area (Å²) in [5.74, 6) is 0. The number of halogens is 4. The molecule has 5 heteroatoms. The summed E-state index contributed by atoms with van der Waals surface area (Å²) >= 11 is 0. The molecular formula is C8H15F4N. The van der Waals surface area contributed by atoms with Gasteiger partial charge in [0, 0.05) is 12.8 Å². The van der Waals surface area contributed by atoms with Gasteiger partial charge >= 0.3 is 0 Å². The number of alkyl halides is 4. The molecule has 0 heterocycles. The van der Waals surface area contributed by atoms with Crippen molar-refractivity contribution in [2.45, 2.75) is 38.5 Å². The van der Waals surface area contributed by atoms with Gasteiger partial charge in [0.2, 0.25) is 12.9 Å². The maximum Gasteiger partial charge on any atom is 0.238 e. The minimum atomic E-state index is -2.26. The van der Waals surface area contributed by atoms with Crippen molar-refractivity contribution in [2.75, 3.05) is 13.1 Å². The minimum absolute atomic E-state index is 0.123. The van der Waals surface area contributed by atoms with E-state index < -0.39 is 12.9 Å². The summed E-state index contributed by atoms with van der Waals surface area (Å²) in [5.41, 5.74) is 0. The molecule has 0 saturated heterocycles. The lowest BCUT2D eigenvalue weighted by Gasteiger charge is -2.03. The first-order valence-electron chi connectivity index (χ1n) is 4.40. The molecular weight excluding hydrogens is 186 g/mol. The van der Waals surface area contributed by atoms with Crippen molar-refractivity contribution in [3.05, 3.63) is 0 Å². The Morgan fingerprint density at radius 2 is 1.15 bits per heavy atom. The average molecular weight is 201 g/mol. The summed E-state index contributed by atoms with van der Waals surface area (Å²) < 4.78 is 46.4. The van der Waals surface area contributed by atoms with Gasteiger partial charge in [0.1, 0.15) is 0 Å². The van der Waals surface area contributed by atoms with Crippen LogP contribution in [0.3, 0.4) is 0 Å². The van der Waals surface area contributed by atoms with Gasteiger partial charge < -0.3 is 5.32 Å². The number of hydrogen-bond acceptors (Lipinski definition) is 1. The fourth-order valence-corrected chi connectivity index (χ4v) is 0.888. The molecule has 0 amide bonds. The van der Waals surface area contributed by atoms with Gasteiger partial charge in [0.05, 0.1) is 0 Å². The zero-order chi connectivity index (χ0) is 10.1. The van der Waals surface area contributed by atoms with Crippen molar-refractivity contribution in [2.24, 2.45) is 0 Å². The van der Waals surface area contributed by atoms with Crippen molar-refractivity contribution in [1.29, 1.82) is 0 Å². The molecule has 0 aliphatic rings. The first kappa shape index (κ1) is 12.7. The van der Waals surface area contributed by atoms with Crippen LogP contribution in [0.5, 0.6) is 0 Å².